The van der Waals surface area contributed by atoms with E-state index >= 15 is 0 Å². The third-order valence-electron chi connectivity index (χ3n) is 4.23. The minimum atomic E-state index is -0.133. The number of nitrogens with one attached hydrogen (secondary N) is 1. The van der Waals surface area contributed by atoms with E-state index in [1.807, 2.05) is 17.0 Å². The zero-order valence-electron chi connectivity index (χ0n) is 13.0. The lowest BCUT2D eigenvalue weighted by Gasteiger charge is -2.30. The van der Waals surface area contributed by atoms with Gasteiger partial charge in [-0.1, -0.05) is 24.3 Å². The summed E-state index contributed by atoms with van der Waals surface area (Å²) in [6.45, 7) is 0.611. The summed E-state index contributed by atoms with van der Waals surface area (Å²) in [7, 11) is 0. The van der Waals surface area contributed by atoms with Crippen LogP contribution in [0.5, 0.6) is 0 Å². The van der Waals surface area contributed by atoms with Gasteiger partial charge in [0.2, 0.25) is 0 Å². The van der Waals surface area contributed by atoms with Gasteiger partial charge < -0.3 is 15.3 Å². The van der Waals surface area contributed by atoms with Crippen LogP contribution in [0.1, 0.15) is 30.0 Å². The van der Waals surface area contributed by atoms with Crippen LogP contribution in [0.25, 0.3) is 0 Å². The summed E-state index contributed by atoms with van der Waals surface area (Å²) in [5.41, 5.74) is 3.25. The number of aryl methyl sites for hydroxylation is 1. The number of urea groups is 1. The van der Waals surface area contributed by atoms with E-state index < -0.39 is 0 Å². The minimum absolute atomic E-state index is 0.0691. The number of carbonyl (C=O) groups excluding carboxylic acids is 1. The van der Waals surface area contributed by atoms with E-state index in [-0.39, 0.29) is 18.7 Å². The highest BCUT2D eigenvalue weighted by Crippen LogP contribution is 2.36. The topological polar surface area (TPSA) is 65.5 Å². The molecule has 1 aromatic carbocycles. The lowest BCUT2D eigenvalue weighted by molar-refractivity contribution is 0.177. The maximum absolute atomic E-state index is 12.7. The van der Waals surface area contributed by atoms with Crippen molar-refractivity contribution in [2.75, 3.05) is 18.5 Å². The third-order valence-corrected chi connectivity index (χ3v) is 4.23. The molecule has 0 radical (unpaired) electrons. The molecule has 1 unspecified atom stereocenters. The molecule has 1 aliphatic carbocycles. The van der Waals surface area contributed by atoms with Crippen molar-refractivity contribution in [2.24, 2.45) is 0 Å². The summed E-state index contributed by atoms with van der Waals surface area (Å²) in [5, 5.41) is 12.1. The Morgan fingerprint density at radius 1 is 1.26 bits per heavy atom. The first-order chi connectivity index (χ1) is 11.3. The first-order valence-corrected chi connectivity index (χ1v) is 7.96. The molecule has 3 rings (SSSR count). The predicted molar refractivity (Wildman–Crippen MR) is 89.2 cm³/mol. The number of aliphatic hydroxyl groups is 1. The van der Waals surface area contributed by atoms with Crippen molar-refractivity contribution >= 4 is 11.7 Å². The van der Waals surface area contributed by atoms with Crippen molar-refractivity contribution in [3.8, 4) is 0 Å². The van der Waals surface area contributed by atoms with Crippen molar-refractivity contribution in [1.29, 1.82) is 0 Å². The molecule has 1 heterocycles. The highest BCUT2D eigenvalue weighted by atomic mass is 16.3. The number of carbonyl (C=O) groups is 1. The number of nitrogens with zero attached hydrogens (tertiary/aromatic N) is 2. The van der Waals surface area contributed by atoms with E-state index in [0.29, 0.717) is 13.0 Å². The number of anilines is 1. The molecule has 0 saturated carbocycles. The largest absolute Gasteiger partial charge is 0.396 e. The summed E-state index contributed by atoms with van der Waals surface area (Å²) in [6, 6.07) is 11.7. The van der Waals surface area contributed by atoms with Gasteiger partial charge in [-0.15, -0.1) is 0 Å². The number of fused-ring (bicyclic) bond motifs is 1. The Bertz CT molecular complexity index is 660. The molecule has 23 heavy (non-hydrogen) atoms. The quantitative estimate of drug-likeness (QED) is 0.892. The number of aromatic nitrogens is 1. The number of rotatable bonds is 5. The van der Waals surface area contributed by atoms with Crippen molar-refractivity contribution in [1.82, 2.24) is 9.88 Å². The van der Waals surface area contributed by atoms with E-state index in [1.54, 1.807) is 24.5 Å². The van der Waals surface area contributed by atoms with Gasteiger partial charge in [-0.2, -0.15) is 0 Å². The van der Waals surface area contributed by atoms with Gasteiger partial charge in [0, 0.05) is 31.2 Å². The maximum atomic E-state index is 12.7. The lowest BCUT2D eigenvalue weighted by Crippen LogP contribution is -2.38. The zero-order valence-corrected chi connectivity index (χ0v) is 13.0. The Kier molecular flexibility index (Phi) is 4.88. The van der Waals surface area contributed by atoms with E-state index in [4.69, 9.17) is 5.11 Å². The minimum Gasteiger partial charge on any atom is -0.396 e. The van der Waals surface area contributed by atoms with E-state index in [1.165, 1.54) is 11.1 Å². The van der Waals surface area contributed by atoms with Crippen molar-refractivity contribution in [3.05, 3.63) is 59.9 Å². The first-order valence-electron chi connectivity index (χ1n) is 7.96. The average Bonchev–Trinajstić information content (AvgIpc) is 3.00. The fourth-order valence-electron chi connectivity index (χ4n) is 3.13. The third kappa shape index (κ3) is 3.51. The van der Waals surface area contributed by atoms with E-state index in [0.717, 1.165) is 18.5 Å². The van der Waals surface area contributed by atoms with E-state index in [2.05, 4.69) is 22.4 Å². The zero-order chi connectivity index (χ0) is 16.1. The van der Waals surface area contributed by atoms with Gasteiger partial charge in [0.25, 0.3) is 0 Å². The van der Waals surface area contributed by atoms with Gasteiger partial charge in [-0.05, 0) is 42.5 Å². The van der Waals surface area contributed by atoms with Gasteiger partial charge in [0.05, 0.1) is 6.04 Å². The highest BCUT2D eigenvalue weighted by molar-refractivity contribution is 5.89. The molecule has 5 heteroatoms. The Balaban J connectivity index is 1.79. The summed E-state index contributed by atoms with van der Waals surface area (Å²) in [6.07, 6.45) is 5.78. The van der Waals surface area contributed by atoms with E-state index in [9.17, 15) is 4.79 Å². The SMILES string of the molecule is O=C(Nc1ccncc1)N(CCCO)C1CCc2ccccc21. The molecular weight excluding hydrogens is 290 g/mol. The molecule has 2 aromatic rings. The molecule has 0 bridgehead atoms. The molecule has 1 atom stereocenters. The van der Waals surface area contributed by atoms with Crippen molar-refractivity contribution < 1.29 is 9.90 Å². The monoisotopic (exact) mass is 311 g/mol. The molecule has 0 fully saturated rings. The number of benzene rings is 1. The number of amides is 2. The summed E-state index contributed by atoms with van der Waals surface area (Å²) in [5.74, 6) is 0. The Morgan fingerprint density at radius 3 is 2.83 bits per heavy atom. The number of pyridine rings is 1. The van der Waals surface area contributed by atoms with Gasteiger partial charge in [-0.3, -0.25) is 4.98 Å². The molecule has 1 aliphatic rings. The van der Waals surface area contributed by atoms with Crippen molar-refractivity contribution in [3.63, 3.8) is 0 Å². The van der Waals surface area contributed by atoms with Crippen LogP contribution in [-0.4, -0.2) is 34.2 Å². The molecule has 0 spiro atoms. The number of hydrogen-bond acceptors (Lipinski definition) is 3. The van der Waals surface area contributed by atoms with Crippen LogP contribution in [0, 0.1) is 0 Å². The normalized spacial score (nSPS) is 16.0. The van der Waals surface area contributed by atoms with Gasteiger partial charge >= 0.3 is 6.03 Å². The standard InChI is InChI=1S/C18H21N3O2/c22-13-3-12-21(18(23)20-15-8-10-19-11-9-15)17-7-6-14-4-1-2-5-16(14)17/h1-2,4-5,8-11,17,22H,3,6-7,12-13H2,(H,19,20,23). The van der Waals surface area contributed by atoms with Crippen LogP contribution in [-0.2, 0) is 6.42 Å². The van der Waals surface area contributed by atoms with Crippen LogP contribution in [0.4, 0.5) is 10.5 Å². The molecule has 2 amide bonds. The maximum Gasteiger partial charge on any atom is 0.322 e. The second-order valence-electron chi connectivity index (χ2n) is 5.69. The summed E-state index contributed by atoms with van der Waals surface area (Å²) in [4.78, 5) is 18.5. The molecule has 120 valence electrons. The van der Waals surface area contributed by atoms with Gasteiger partial charge in [0.1, 0.15) is 0 Å². The predicted octanol–water partition coefficient (Wildman–Crippen LogP) is 2.99. The van der Waals surface area contributed by atoms with Gasteiger partial charge in [0.15, 0.2) is 0 Å². The average molecular weight is 311 g/mol. The Labute approximate surface area is 136 Å². The second kappa shape index (κ2) is 7.24. The molecule has 0 aliphatic heterocycles. The van der Waals surface area contributed by atoms with Crippen LogP contribution in [0.15, 0.2) is 48.8 Å². The van der Waals surface area contributed by atoms with Crippen LogP contribution in [0.2, 0.25) is 0 Å². The van der Waals surface area contributed by atoms with Crippen molar-refractivity contribution in [2.45, 2.75) is 25.3 Å². The lowest BCUT2D eigenvalue weighted by atomic mass is 10.1. The fourth-order valence-corrected chi connectivity index (χ4v) is 3.13. The Morgan fingerprint density at radius 2 is 2.04 bits per heavy atom. The number of hydrogen-bond donors (Lipinski definition) is 2. The summed E-state index contributed by atoms with van der Waals surface area (Å²) < 4.78 is 0. The van der Waals surface area contributed by atoms with Gasteiger partial charge in [-0.25, -0.2) is 4.79 Å². The molecule has 5 nitrogen and oxygen atoms in total. The first kappa shape index (κ1) is 15.5. The molecular formula is C18H21N3O2. The second-order valence-corrected chi connectivity index (χ2v) is 5.69. The van der Waals surface area contributed by atoms with Crippen LogP contribution < -0.4 is 5.32 Å². The fraction of sp³-hybridized carbons (Fsp3) is 0.333. The molecule has 0 saturated heterocycles. The number of aliphatic hydroxyl groups excluding tert-OH is 1. The van der Waals surface area contributed by atoms with Crippen LogP contribution in [0.3, 0.4) is 0 Å². The smallest absolute Gasteiger partial charge is 0.322 e. The highest BCUT2D eigenvalue weighted by Gasteiger charge is 2.30. The summed E-state index contributed by atoms with van der Waals surface area (Å²) >= 11 is 0. The molecule has 1 aromatic heterocycles. The Hall–Kier alpha value is -2.40. The van der Waals surface area contributed by atoms with Crippen LogP contribution >= 0.6 is 0 Å². The molecule has 2 N–H and O–H groups in total.